The minimum absolute atomic E-state index is 0.0432. The number of benzene rings is 2. The summed E-state index contributed by atoms with van der Waals surface area (Å²) in [6.45, 7) is 9.03. The topological polar surface area (TPSA) is 71.1 Å². The normalized spacial score (nSPS) is 14.3. The zero-order valence-electron chi connectivity index (χ0n) is 20.2. The summed E-state index contributed by atoms with van der Waals surface area (Å²) in [7, 11) is 1.55. The second-order valence-electron chi connectivity index (χ2n) is 8.22. The number of methoxy groups -OCH3 is 1. The van der Waals surface area contributed by atoms with Gasteiger partial charge in [0.1, 0.15) is 0 Å². The number of para-hydroxylation sites is 1. The van der Waals surface area contributed by atoms with Crippen molar-refractivity contribution in [1.82, 2.24) is 9.80 Å². The average molecular weight is 486 g/mol. The van der Waals surface area contributed by atoms with E-state index in [-0.39, 0.29) is 11.8 Å². The molecule has 0 spiro atoms. The molecule has 7 nitrogen and oxygen atoms in total. The van der Waals surface area contributed by atoms with Crippen LogP contribution < -0.4 is 14.8 Å². The number of carbonyl (C=O) groups is 2. The molecular weight excluding hydrogens is 454 g/mol. The Morgan fingerprint density at radius 2 is 1.79 bits per heavy atom. The van der Waals surface area contributed by atoms with Crippen molar-refractivity contribution in [2.24, 2.45) is 0 Å². The van der Waals surface area contributed by atoms with Gasteiger partial charge in [-0.1, -0.05) is 29.8 Å². The Labute approximate surface area is 206 Å². The third-order valence-corrected chi connectivity index (χ3v) is 6.04. The van der Waals surface area contributed by atoms with Crippen molar-refractivity contribution >= 4 is 35.2 Å². The first kappa shape index (κ1) is 25.6. The lowest BCUT2D eigenvalue weighted by Crippen LogP contribution is -2.50. The van der Waals surface area contributed by atoms with Crippen molar-refractivity contribution in [2.75, 3.05) is 51.8 Å². The fourth-order valence-corrected chi connectivity index (χ4v) is 4.19. The van der Waals surface area contributed by atoms with Crippen LogP contribution in [0.2, 0.25) is 5.02 Å². The van der Waals surface area contributed by atoms with E-state index >= 15 is 0 Å². The van der Waals surface area contributed by atoms with Gasteiger partial charge in [0, 0.05) is 37.9 Å². The number of amides is 2. The van der Waals surface area contributed by atoms with E-state index in [1.54, 1.807) is 30.2 Å². The molecule has 0 bridgehead atoms. The SMILES string of the molecule is CCOc1c(Cl)cc(/C=C/C(=O)N2CCN(CC(=O)Nc3c(C)cccc3C)CC2)cc1OC. The van der Waals surface area contributed by atoms with Gasteiger partial charge in [-0.3, -0.25) is 14.5 Å². The number of halogens is 1. The van der Waals surface area contributed by atoms with Gasteiger partial charge in [-0.25, -0.2) is 0 Å². The van der Waals surface area contributed by atoms with Crippen LogP contribution in [0.3, 0.4) is 0 Å². The molecule has 1 aliphatic rings. The molecule has 1 aliphatic heterocycles. The monoisotopic (exact) mass is 485 g/mol. The maximum Gasteiger partial charge on any atom is 0.246 e. The highest BCUT2D eigenvalue weighted by molar-refractivity contribution is 6.32. The Balaban J connectivity index is 1.52. The third-order valence-electron chi connectivity index (χ3n) is 5.76. The van der Waals surface area contributed by atoms with Crippen LogP contribution in [-0.4, -0.2) is 68.1 Å². The standard InChI is InChI=1S/C26H32ClN3O4/c1-5-34-26-21(27)15-20(16-22(26)33-4)9-10-24(32)30-13-11-29(12-14-30)17-23(31)28-25-18(2)7-6-8-19(25)3/h6-10,15-16H,5,11-14,17H2,1-4H3,(H,28,31)/b10-9+. The van der Waals surface area contributed by atoms with E-state index in [0.29, 0.717) is 55.9 Å². The molecule has 0 aliphatic carbocycles. The first-order valence-corrected chi connectivity index (χ1v) is 11.8. The second-order valence-corrected chi connectivity index (χ2v) is 8.62. The molecule has 3 rings (SSSR count). The predicted molar refractivity (Wildman–Crippen MR) is 136 cm³/mol. The van der Waals surface area contributed by atoms with E-state index in [0.717, 1.165) is 22.4 Å². The van der Waals surface area contributed by atoms with Crippen LogP contribution in [0.4, 0.5) is 5.69 Å². The van der Waals surface area contributed by atoms with Crippen LogP contribution >= 0.6 is 11.6 Å². The first-order chi connectivity index (χ1) is 16.3. The Kier molecular flexibility index (Phi) is 8.96. The lowest BCUT2D eigenvalue weighted by molar-refractivity contribution is -0.127. The minimum Gasteiger partial charge on any atom is -0.493 e. The molecule has 1 heterocycles. The molecule has 2 aromatic rings. The number of carbonyl (C=O) groups excluding carboxylic acids is 2. The molecule has 0 radical (unpaired) electrons. The molecule has 182 valence electrons. The van der Waals surface area contributed by atoms with Crippen molar-refractivity contribution in [1.29, 1.82) is 0 Å². The number of nitrogens with one attached hydrogen (secondary N) is 1. The number of rotatable bonds is 8. The van der Waals surface area contributed by atoms with E-state index in [4.69, 9.17) is 21.1 Å². The van der Waals surface area contributed by atoms with Crippen LogP contribution in [0.25, 0.3) is 6.08 Å². The molecule has 1 N–H and O–H groups in total. The molecule has 2 amide bonds. The van der Waals surface area contributed by atoms with Gasteiger partial charge < -0.3 is 19.7 Å². The highest BCUT2D eigenvalue weighted by Gasteiger charge is 2.21. The summed E-state index contributed by atoms with van der Waals surface area (Å²) in [4.78, 5) is 29.1. The molecule has 34 heavy (non-hydrogen) atoms. The van der Waals surface area contributed by atoms with E-state index in [1.165, 1.54) is 6.08 Å². The Morgan fingerprint density at radius 3 is 2.41 bits per heavy atom. The Morgan fingerprint density at radius 1 is 1.12 bits per heavy atom. The van der Waals surface area contributed by atoms with E-state index < -0.39 is 0 Å². The average Bonchev–Trinajstić information content (AvgIpc) is 2.82. The molecule has 2 aromatic carbocycles. The smallest absolute Gasteiger partial charge is 0.246 e. The maximum atomic E-state index is 12.7. The van der Waals surface area contributed by atoms with Crippen LogP contribution in [0, 0.1) is 13.8 Å². The van der Waals surface area contributed by atoms with Crippen molar-refractivity contribution in [3.05, 3.63) is 58.1 Å². The number of nitrogens with zero attached hydrogens (tertiary/aromatic N) is 2. The van der Waals surface area contributed by atoms with Crippen molar-refractivity contribution < 1.29 is 19.1 Å². The summed E-state index contributed by atoms with van der Waals surface area (Å²) in [5.74, 6) is 0.893. The largest absolute Gasteiger partial charge is 0.493 e. The van der Waals surface area contributed by atoms with Crippen LogP contribution in [-0.2, 0) is 9.59 Å². The Hall–Kier alpha value is -3.03. The number of piperazine rings is 1. The van der Waals surface area contributed by atoms with Crippen LogP contribution in [0.1, 0.15) is 23.6 Å². The molecule has 1 fully saturated rings. The molecule has 1 saturated heterocycles. The second kappa shape index (κ2) is 11.9. The Bertz CT molecular complexity index is 1040. The lowest BCUT2D eigenvalue weighted by Gasteiger charge is -2.33. The fourth-order valence-electron chi connectivity index (χ4n) is 3.91. The molecule has 0 saturated carbocycles. The maximum absolute atomic E-state index is 12.7. The highest BCUT2D eigenvalue weighted by Crippen LogP contribution is 2.36. The fraction of sp³-hybridized carbons (Fsp3) is 0.385. The summed E-state index contributed by atoms with van der Waals surface area (Å²) >= 11 is 6.31. The number of hydrogen-bond donors (Lipinski definition) is 1. The quantitative estimate of drug-likeness (QED) is 0.568. The summed E-state index contributed by atoms with van der Waals surface area (Å²) in [6, 6.07) is 9.47. The summed E-state index contributed by atoms with van der Waals surface area (Å²) in [6.07, 6.45) is 3.26. The molecular formula is C26H32ClN3O4. The number of anilines is 1. The minimum atomic E-state index is -0.0800. The summed E-state index contributed by atoms with van der Waals surface area (Å²) < 4.78 is 10.9. The van der Waals surface area contributed by atoms with E-state index in [2.05, 4.69) is 10.2 Å². The van der Waals surface area contributed by atoms with E-state index in [9.17, 15) is 9.59 Å². The van der Waals surface area contributed by atoms with Gasteiger partial charge in [0.2, 0.25) is 11.8 Å². The van der Waals surface area contributed by atoms with E-state index in [1.807, 2.05) is 39.0 Å². The van der Waals surface area contributed by atoms with Crippen molar-refractivity contribution in [3.63, 3.8) is 0 Å². The summed E-state index contributed by atoms with van der Waals surface area (Å²) in [5, 5.41) is 3.45. The number of ether oxygens (including phenoxy) is 2. The predicted octanol–water partition coefficient (Wildman–Crippen LogP) is 4.16. The van der Waals surface area contributed by atoms with Crippen LogP contribution in [0.15, 0.2) is 36.4 Å². The molecule has 8 heteroatoms. The van der Waals surface area contributed by atoms with Gasteiger partial charge in [-0.15, -0.1) is 0 Å². The van der Waals surface area contributed by atoms with Gasteiger partial charge in [0.05, 0.1) is 25.3 Å². The molecule has 0 atom stereocenters. The zero-order chi connectivity index (χ0) is 24.7. The zero-order valence-corrected chi connectivity index (χ0v) is 20.9. The van der Waals surface area contributed by atoms with Crippen LogP contribution in [0.5, 0.6) is 11.5 Å². The van der Waals surface area contributed by atoms with Gasteiger partial charge in [0.25, 0.3) is 0 Å². The van der Waals surface area contributed by atoms with Gasteiger partial charge >= 0.3 is 0 Å². The van der Waals surface area contributed by atoms with Crippen molar-refractivity contribution in [3.8, 4) is 11.5 Å². The van der Waals surface area contributed by atoms with Gasteiger partial charge in [0.15, 0.2) is 11.5 Å². The summed E-state index contributed by atoms with van der Waals surface area (Å²) in [5.41, 5.74) is 3.71. The van der Waals surface area contributed by atoms with Gasteiger partial charge in [-0.05, 0) is 55.7 Å². The first-order valence-electron chi connectivity index (χ1n) is 11.4. The molecule has 0 aromatic heterocycles. The van der Waals surface area contributed by atoms with Crippen molar-refractivity contribution in [2.45, 2.75) is 20.8 Å². The number of hydrogen-bond acceptors (Lipinski definition) is 5. The number of aryl methyl sites for hydroxylation is 2. The van der Waals surface area contributed by atoms with Gasteiger partial charge in [-0.2, -0.15) is 0 Å². The highest BCUT2D eigenvalue weighted by atomic mass is 35.5. The molecule has 0 unspecified atom stereocenters. The lowest BCUT2D eigenvalue weighted by atomic mass is 10.1. The third kappa shape index (κ3) is 6.52.